The normalized spacial score (nSPS) is 19.9. The lowest BCUT2D eigenvalue weighted by molar-refractivity contribution is -0.142. The van der Waals surface area contributed by atoms with E-state index in [0.29, 0.717) is 11.5 Å². The van der Waals surface area contributed by atoms with Crippen molar-refractivity contribution in [1.29, 1.82) is 0 Å². The topological polar surface area (TPSA) is 63.1 Å². The number of hydrogen-bond donors (Lipinski definition) is 2. The number of aliphatic imine (C=N–C) groups is 1. The van der Waals surface area contributed by atoms with Gasteiger partial charge in [0.1, 0.15) is 11.1 Å². The average Bonchev–Trinajstić information content (AvgIpc) is 3.40. The van der Waals surface area contributed by atoms with Crippen molar-refractivity contribution in [2.75, 3.05) is 13.7 Å². The van der Waals surface area contributed by atoms with Gasteiger partial charge in [0.2, 0.25) is 0 Å². The minimum Gasteiger partial charge on any atom is -0.493 e. The van der Waals surface area contributed by atoms with Crippen LogP contribution in [-0.4, -0.2) is 41.7 Å². The Morgan fingerprint density at radius 2 is 1.46 bits per heavy atom. The Kier molecular flexibility index (Phi) is 8.16. The van der Waals surface area contributed by atoms with Gasteiger partial charge in [0, 0.05) is 12.8 Å². The average molecular weight is 499 g/mol. The van der Waals surface area contributed by atoms with Crippen molar-refractivity contribution < 1.29 is 14.6 Å². The summed E-state index contributed by atoms with van der Waals surface area (Å²) >= 11 is 0. The van der Waals surface area contributed by atoms with Crippen LogP contribution in [0.3, 0.4) is 0 Å². The summed E-state index contributed by atoms with van der Waals surface area (Å²) in [6.45, 7) is 6.19. The molecule has 0 spiro atoms. The largest absolute Gasteiger partial charge is 0.493 e. The SMILES string of the molecule is CCCC1(C(C)(Oc2ccccc2OC)C(C)(O)CNC(c2ccccc2)c2ccccc2)C=CC=N1. The van der Waals surface area contributed by atoms with E-state index in [4.69, 9.17) is 14.5 Å². The van der Waals surface area contributed by atoms with E-state index in [-0.39, 0.29) is 12.6 Å². The van der Waals surface area contributed by atoms with Gasteiger partial charge < -0.3 is 19.9 Å². The first-order valence-electron chi connectivity index (χ1n) is 13.0. The van der Waals surface area contributed by atoms with E-state index in [1.165, 1.54) is 0 Å². The van der Waals surface area contributed by atoms with E-state index in [2.05, 4.69) is 42.6 Å². The Bertz CT molecular complexity index is 1160. The molecule has 0 fully saturated rings. The Morgan fingerprint density at radius 3 is 1.97 bits per heavy atom. The Balaban J connectivity index is 1.73. The van der Waals surface area contributed by atoms with Crippen molar-refractivity contribution in [2.24, 2.45) is 4.99 Å². The van der Waals surface area contributed by atoms with Crippen molar-refractivity contribution in [3.8, 4) is 11.5 Å². The highest BCUT2D eigenvalue weighted by atomic mass is 16.5. The number of aliphatic hydroxyl groups is 1. The van der Waals surface area contributed by atoms with Crippen LogP contribution < -0.4 is 14.8 Å². The van der Waals surface area contributed by atoms with Gasteiger partial charge in [-0.15, -0.1) is 0 Å². The van der Waals surface area contributed by atoms with Crippen molar-refractivity contribution in [3.63, 3.8) is 0 Å². The van der Waals surface area contributed by atoms with Crippen LogP contribution in [0.1, 0.15) is 50.8 Å². The van der Waals surface area contributed by atoms with E-state index >= 15 is 0 Å². The van der Waals surface area contributed by atoms with Gasteiger partial charge in [-0.25, -0.2) is 0 Å². The molecule has 3 unspecified atom stereocenters. The zero-order chi connectivity index (χ0) is 26.4. The van der Waals surface area contributed by atoms with Gasteiger partial charge in [-0.05, 0) is 49.6 Å². The minimum atomic E-state index is -1.34. The molecule has 0 radical (unpaired) electrons. The highest BCUT2D eigenvalue weighted by molar-refractivity contribution is 5.76. The molecule has 1 aliphatic rings. The zero-order valence-corrected chi connectivity index (χ0v) is 22.2. The molecular weight excluding hydrogens is 460 g/mol. The van der Waals surface area contributed by atoms with Crippen molar-refractivity contribution in [1.82, 2.24) is 5.32 Å². The Labute approximate surface area is 220 Å². The molecule has 0 saturated carbocycles. The molecule has 5 heteroatoms. The first kappa shape index (κ1) is 26.6. The lowest BCUT2D eigenvalue weighted by Crippen LogP contribution is -2.69. The Hall–Kier alpha value is -3.41. The smallest absolute Gasteiger partial charge is 0.164 e. The third-order valence-electron chi connectivity index (χ3n) is 7.55. The van der Waals surface area contributed by atoms with Crippen LogP contribution in [0.15, 0.2) is 102 Å². The fourth-order valence-corrected chi connectivity index (χ4v) is 5.25. The van der Waals surface area contributed by atoms with E-state index < -0.39 is 16.7 Å². The molecule has 3 atom stereocenters. The zero-order valence-electron chi connectivity index (χ0n) is 22.2. The standard InChI is InChI=1S/C32H38N2O3/c1-5-21-32(22-14-23-34-32)31(3,37-28-20-13-12-19-27(28)36-4)30(2,35)24-33-29(25-15-8-6-9-16-25)26-17-10-7-11-18-26/h6-20,22-23,29,33,35H,5,21,24H2,1-4H3. The van der Waals surface area contributed by atoms with Crippen LogP contribution in [0, 0.1) is 0 Å². The van der Waals surface area contributed by atoms with Crippen molar-refractivity contribution in [2.45, 2.75) is 56.4 Å². The highest BCUT2D eigenvalue weighted by Gasteiger charge is 2.59. The monoisotopic (exact) mass is 498 g/mol. The molecule has 3 aromatic carbocycles. The number of hydrogen-bond acceptors (Lipinski definition) is 5. The molecule has 0 amide bonds. The molecule has 37 heavy (non-hydrogen) atoms. The van der Waals surface area contributed by atoms with Crippen LogP contribution in [0.4, 0.5) is 0 Å². The van der Waals surface area contributed by atoms with Gasteiger partial charge in [-0.1, -0.05) is 92.2 Å². The molecule has 0 saturated heterocycles. The second-order valence-electron chi connectivity index (χ2n) is 10.0. The van der Waals surface area contributed by atoms with Gasteiger partial charge in [0.25, 0.3) is 0 Å². The number of ether oxygens (including phenoxy) is 2. The van der Waals surface area contributed by atoms with E-state index in [1.54, 1.807) is 13.3 Å². The number of allylic oxidation sites excluding steroid dienone is 1. The van der Waals surface area contributed by atoms with Crippen LogP contribution in [0.25, 0.3) is 0 Å². The molecule has 2 N–H and O–H groups in total. The van der Waals surface area contributed by atoms with Gasteiger partial charge in [-0.3, -0.25) is 4.99 Å². The molecule has 3 aromatic rings. The maximum Gasteiger partial charge on any atom is 0.164 e. The molecular formula is C32H38N2O3. The second-order valence-corrected chi connectivity index (χ2v) is 10.0. The number of nitrogens with one attached hydrogen (secondary N) is 1. The summed E-state index contributed by atoms with van der Waals surface area (Å²) in [6.07, 6.45) is 7.42. The lowest BCUT2D eigenvalue weighted by Gasteiger charge is -2.51. The van der Waals surface area contributed by atoms with Crippen LogP contribution in [0.5, 0.6) is 11.5 Å². The molecule has 1 aliphatic heterocycles. The number of nitrogens with zero attached hydrogens (tertiary/aromatic N) is 1. The van der Waals surface area contributed by atoms with E-state index in [0.717, 1.165) is 24.0 Å². The lowest BCUT2D eigenvalue weighted by atomic mass is 9.68. The minimum absolute atomic E-state index is 0.103. The number of rotatable bonds is 12. The van der Waals surface area contributed by atoms with Crippen LogP contribution in [0.2, 0.25) is 0 Å². The van der Waals surface area contributed by atoms with Crippen LogP contribution in [-0.2, 0) is 0 Å². The summed E-state index contributed by atoms with van der Waals surface area (Å²) in [4.78, 5) is 4.90. The Morgan fingerprint density at radius 1 is 0.892 bits per heavy atom. The predicted octanol–water partition coefficient (Wildman–Crippen LogP) is 6.14. The summed E-state index contributed by atoms with van der Waals surface area (Å²) in [5.41, 5.74) is -0.962. The molecule has 0 bridgehead atoms. The van der Waals surface area contributed by atoms with Gasteiger partial charge in [-0.2, -0.15) is 0 Å². The molecule has 4 rings (SSSR count). The molecule has 1 heterocycles. The third kappa shape index (κ3) is 5.34. The van der Waals surface area contributed by atoms with E-state index in [1.807, 2.05) is 80.6 Å². The molecule has 5 nitrogen and oxygen atoms in total. The van der Waals surface area contributed by atoms with Gasteiger partial charge in [0.15, 0.2) is 17.1 Å². The summed E-state index contributed by atoms with van der Waals surface area (Å²) in [6, 6.07) is 28.0. The fraction of sp³-hybridized carbons (Fsp3) is 0.344. The van der Waals surface area contributed by atoms with Crippen molar-refractivity contribution >= 4 is 6.21 Å². The molecule has 0 aliphatic carbocycles. The predicted molar refractivity (Wildman–Crippen MR) is 151 cm³/mol. The van der Waals surface area contributed by atoms with Gasteiger partial charge >= 0.3 is 0 Å². The maximum atomic E-state index is 12.3. The first-order valence-corrected chi connectivity index (χ1v) is 13.0. The number of para-hydroxylation sites is 2. The molecule has 0 aromatic heterocycles. The third-order valence-corrected chi connectivity index (χ3v) is 7.55. The quantitative estimate of drug-likeness (QED) is 0.315. The van der Waals surface area contributed by atoms with Crippen molar-refractivity contribution in [3.05, 3.63) is 108 Å². The number of benzene rings is 3. The summed E-state index contributed by atoms with van der Waals surface area (Å²) in [7, 11) is 1.62. The van der Waals surface area contributed by atoms with Gasteiger partial charge in [0.05, 0.1) is 13.2 Å². The molecule has 194 valence electrons. The van der Waals surface area contributed by atoms with Crippen LogP contribution >= 0.6 is 0 Å². The number of methoxy groups -OCH3 is 1. The summed E-state index contributed by atoms with van der Waals surface area (Å²) < 4.78 is 12.4. The summed E-state index contributed by atoms with van der Waals surface area (Å²) in [5, 5.41) is 16.0. The maximum absolute atomic E-state index is 12.3. The van der Waals surface area contributed by atoms with E-state index in [9.17, 15) is 5.11 Å². The summed E-state index contributed by atoms with van der Waals surface area (Å²) in [5.74, 6) is 1.18. The fourth-order valence-electron chi connectivity index (χ4n) is 5.25. The second kappa shape index (κ2) is 11.3. The first-order chi connectivity index (χ1) is 17.9. The highest BCUT2D eigenvalue weighted by Crippen LogP contribution is 2.46.